The minimum atomic E-state index is -0.0967. The van der Waals surface area contributed by atoms with E-state index >= 15 is 0 Å². The van der Waals surface area contributed by atoms with Crippen LogP contribution in [0.25, 0.3) is 27.8 Å². The summed E-state index contributed by atoms with van der Waals surface area (Å²) in [6, 6.07) is 66.2. The number of fused-ring (bicyclic) bond motifs is 6. The van der Waals surface area contributed by atoms with Crippen molar-refractivity contribution in [3.05, 3.63) is 232 Å². The van der Waals surface area contributed by atoms with Crippen LogP contribution in [0.4, 0.5) is 34.1 Å². The van der Waals surface area contributed by atoms with Crippen molar-refractivity contribution >= 4 is 39.7 Å². The first-order chi connectivity index (χ1) is 47.4. The quantitative estimate of drug-likeness (QED) is 0.0354. The Bertz CT molecular complexity index is 3540. The predicted molar refractivity (Wildman–Crippen MR) is 428 cm³/mol. The van der Waals surface area contributed by atoms with E-state index in [4.69, 9.17) is 0 Å². The van der Waals surface area contributed by atoms with Gasteiger partial charge in [-0.15, -0.1) is 0 Å². The van der Waals surface area contributed by atoms with E-state index in [0.29, 0.717) is 0 Å². The molecule has 0 aliphatic heterocycles. The van der Waals surface area contributed by atoms with Gasteiger partial charge in [-0.1, -0.05) is 333 Å². The molecular formula is C95H126N2. The normalized spacial score (nSPS) is 13.2. The maximum Gasteiger partial charge on any atom is 0.0465 e. The molecule has 2 aliphatic rings. The second-order valence-electron chi connectivity index (χ2n) is 29.8. The minimum Gasteiger partial charge on any atom is -0.310 e. The lowest BCUT2D eigenvalue weighted by molar-refractivity contribution is 0.397. The number of unbranched alkanes of at least 4 members (excludes halogenated alkanes) is 22. The number of hydrogen-bond donors (Lipinski definition) is 0. The van der Waals surface area contributed by atoms with Gasteiger partial charge in [-0.05, 0) is 209 Å². The van der Waals surface area contributed by atoms with Gasteiger partial charge in [-0.2, -0.15) is 0 Å². The highest BCUT2D eigenvalue weighted by Crippen LogP contribution is 2.58. The van der Waals surface area contributed by atoms with Crippen molar-refractivity contribution in [2.75, 3.05) is 9.80 Å². The number of aryl methyl sites for hydroxylation is 5. The van der Waals surface area contributed by atoms with Gasteiger partial charge in [0.25, 0.3) is 0 Å². The van der Waals surface area contributed by atoms with Crippen LogP contribution in [0.2, 0.25) is 0 Å². The molecule has 0 radical (unpaired) electrons. The molecule has 2 heteroatoms. The zero-order valence-corrected chi connectivity index (χ0v) is 62.8. The Morgan fingerprint density at radius 1 is 0.268 bits per heavy atom. The van der Waals surface area contributed by atoms with Crippen LogP contribution in [-0.2, 0) is 10.8 Å². The third-order valence-electron chi connectivity index (χ3n) is 22.1. The Hall–Kier alpha value is -6.90. The van der Waals surface area contributed by atoms with Gasteiger partial charge in [-0.3, -0.25) is 0 Å². The van der Waals surface area contributed by atoms with E-state index in [-0.39, 0.29) is 10.8 Å². The largest absolute Gasteiger partial charge is 0.310 e. The van der Waals surface area contributed by atoms with E-state index in [0.717, 1.165) is 6.42 Å². The van der Waals surface area contributed by atoms with E-state index in [1.165, 1.54) is 306 Å². The van der Waals surface area contributed by atoms with Crippen LogP contribution in [0.5, 0.6) is 0 Å². The second kappa shape index (κ2) is 37.9. The number of anilines is 6. The topological polar surface area (TPSA) is 6.48 Å². The molecule has 516 valence electrons. The predicted octanol–water partition coefficient (Wildman–Crippen LogP) is 30.4. The highest BCUT2D eigenvalue weighted by molar-refractivity contribution is 5.89. The Morgan fingerprint density at radius 2 is 0.515 bits per heavy atom. The van der Waals surface area contributed by atoms with Gasteiger partial charge in [0.05, 0.1) is 0 Å². The minimum absolute atomic E-state index is 0.0967. The Labute approximate surface area is 592 Å². The molecular weight excluding hydrogens is 1170 g/mol. The monoisotopic (exact) mass is 1290 g/mol. The molecule has 0 saturated carbocycles. The van der Waals surface area contributed by atoms with Crippen LogP contribution in [0.1, 0.15) is 303 Å². The molecule has 0 atom stereocenters. The van der Waals surface area contributed by atoms with Gasteiger partial charge >= 0.3 is 0 Å². The summed E-state index contributed by atoms with van der Waals surface area (Å²) in [5, 5.41) is 0. The molecule has 8 aromatic rings. The molecule has 8 aromatic carbocycles. The van der Waals surface area contributed by atoms with Crippen LogP contribution in [0, 0.1) is 34.6 Å². The maximum atomic E-state index is 2.62. The van der Waals surface area contributed by atoms with Gasteiger partial charge in [-0.25, -0.2) is 0 Å². The molecule has 2 nitrogen and oxygen atoms in total. The molecule has 2 aliphatic carbocycles. The number of rotatable bonds is 39. The molecule has 0 heterocycles. The van der Waals surface area contributed by atoms with Crippen LogP contribution >= 0.6 is 0 Å². The first-order valence-electron chi connectivity index (χ1n) is 39.5. The molecule has 0 saturated heterocycles. The molecule has 97 heavy (non-hydrogen) atoms. The summed E-state index contributed by atoms with van der Waals surface area (Å²) in [6.45, 7) is 24.9. The van der Waals surface area contributed by atoms with E-state index in [2.05, 4.69) is 262 Å². The van der Waals surface area contributed by atoms with Gasteiger partial charge in [0.2, 0.25) is 0 Å². The molecule has 0 aromatic heterocycles. The molecule has 0 unspecified atom stereocenters. The van der Waals surface area contributed by atoms with E-state index in [1.807, 2.05) is 0 Å². The van der Waals surface area contributed by atoms with E-state index < -0.39 is 0 Å². The number of benzene rings is 8. The van der Waals surface area contributed by atoms with Crippen molar-refractivity contribution in [1.29, 1.82) is 0 Å². The number of hydrogen-bond acceptors (Lipinski definition) is 2. The standard InChI is InChI=1S/C64H80N2.C31H46/c1-8-12-15-17-19-22-45-64(46-23-20-18-16-13-9-2)62-47-58(65(54-33-25-49(5)26-34-54)55-35-27-50(6)28-36-55)41-43-60(62)61-44-42-59(48-63(61)64)66(56-37-29-51(7)30-38-56)57-39-31-53(32-40-57)52(11-4)24-21-14-10-3;1-5-7-9-11-13-15-21-31(22-16-14-12-10-8-6-2)29-23-25(3)17-19-27(29)28-20-18-26(4)24-30(28)31/h11,25-44,47-48H,8-10,12-24,45-46H2,1-7H3;17-20,23-24H,5-16,21-22H2,1-4H3. The summed E-state index contributed by atoms with van der Waals surface area (Å²) in [4.78, 5) is 5.00. The third kappa shape index (κ3) is 19.1. The fraction of sp³-hybridized carbons (Fsp3) is 0.474. The summed E-state index contributed by atoms with van der Waals surface area (Å²) in [5.41, 5.74) is 29.0. The fourth-order valence-electron chi connectivity index (χ4n) is 16.4. The summed E-state index contributed by atoms with van der Waals surface area (Å²) >= 11 is 0. The lowest BCUT2D eigenvalue weighted by atomic mass is 9.70. The first kappa shape index (κ1) is 74.3. The summed E-state index contributed by atoms with van der Waals surface area (Å²) in [6.07, 6.45) is 44.4. The molecule has 0 amide bonds. The lowest BCUT2D eigenvalue weighted by Crippen LogP contribution is -2.26. The molecule has 0 fully saturated rings. The highest BCUT2D eigenvalue weighted by Gasteiger charge is 2.44. The zero-order valence-electron chi connectivity index (χ0n) is 62.8. The van der Waals surface area contributed by atoms with Crippen LogP contribution in [0.3, 0.4) is 0 Å². The number of nitrogens with zero attached hydrogens (tertiary/aromatic N) is 2. The van der Waals surface area contributed by atoms with Crippen molar-refractivity contribution in [3.8, 4) is 22.3 Å². The zero-order chi connectivity index (χ0) is 68.4. The summed E-state index contributed by atoms with van der Waals surface area (Å²) < 4.78 is 0. The highest BCUT2D eigenvalue weighted by atomic mass is 15.1. The first-order valence-corrected chi connectivity index (χ1v) is 39.5. The number of allylic oxidation sites excluding steroid dienone is 2. The Balaban J connectivity index is 0.000000296. The lowest BCUT2D eigenvalue weighted by Gasteiger charge is -2.35. The third-order valence-corrected chi connectivity index (χ3v) is 22.1. The summed E-state index contributed by atoms with van der Waals surface area (Å²) in [5.74, 6) is 0. The van der Waals surface area contributed by atoms with Crippen LogP contribution in [0.15, 0.2) is 176 Å². The van der Waals surface area contributed by atoms with Gasteiger partial charge < -0.3 is 9.80 Å². The van der Waals surface area contributed by atoms with Crippen LogP contribution < -0.4 is 9.80 Å². The van der Waals surface area contributed by atoms with Crippen LogP contribution in [-0.4, -0.2) is 0 Å². The average molecular weight is 1300 g/mol. The van der Waals surface area contributed by atoms with Crippen molar-refractivity contribution in [2.24, 2.45) is 0 Å². The fourth-order valence-corrected chi connectivity index (χ4v) is 16.4. The second-order valence-corrected chi connectivity index (χ2v) is 29.8. The van der Waals surface area contributed by atoms with Crippen molar-refractivity contribution in [1.82, 2.24) is 0 Å². The van der Waals surface area contributed by atoms with Gasteiger partial charge in [0.1, 0.15) is 0 Å². The summed E-state index contributed by atoms with van der Waals surface area (Å²) in [7, 11) is 0. The van der Waals surface area contributed by atoms with Gasteiger partial charge in [0, 0.05) is 45.0 Å². The smallest absolute Gasteiger partial charge is 0.0465 e. The molecule has 0 N–H and O–H groups in total. The molecule has 10 rings (SSSR count). The van der Waals surface area contributed by atoms with Crippen molar-refractivity contribution in [2.45, 2.75) is 292 Å². The maximum absolute atomic E-state index is 2.62. The van der Waals surface area contributed by atoms with Crippen molar-refractivity contribution < 1.29 is 0 Å². The Kier molecular flexibility index (Phi) is 29.0. The van der Waals surface area contributed by atoms with E-state index in [1.54, 1.807) is 11.1 Å². The van der Waals surface area contributed by atoms with Gasteiger partial charge in [0.15, 0.2) is 0 Å². The van der Waals surface area contributed by atoms with E-state index in [9.17, 15) is 0 Å². The molecule has 0 bridgehead atoms. The Morgan fingerprint density at radius 3 is 0.825 bits per heavy atom. The average Bonchev–Trinajstić information content (AvgIpc) is 1.58. The SMILES string of the molecule is CC=C(CCCCC)c1ccc(N(c2ccc(C)cc2)c2ccc3c(c2)C(CCCCCCCC)(CCCCCCCC)c2cc(N(c4ccc(C)cc4)c4ccc(C)cc4)ccc2-3)cc1.CCCCCCCCC1(CCCCCCCC)c2cc(C)ccc2-c2ccc(C)cc21. The molecule has 0 spiro atoms. The van der Waals surface area contributed by atoms with Crippen molar-refractivity contribution in [3.63, 3.8) is 0 Å².